The molecule has 2 aromatic heterocycles. The Morgan fingerprint density at radius 3 is 2.57 bits per heavy atom. The monoisotopic (exact) mass is 380 g/mol. The molecular formula is C18H20N8O2. The van der Waals surface area contributed by atoms with Crippen molar-refractivity contribution >= 4 is 29.1 Å². The van der Waals surface area contributed by atoms with Gasteiger partial charge in [0.15, 0.2) is 11.5 Å². The molecule has 3 rings (SSSR count). The van der Waals surface area contributed by atoms with Crippen molar-refractivity contribution in [2.24, 2.45) is 11.5 Å². The topological polar surface area (TPSA) is 154 Å². The second-order valence-corrected chi connectivity index (χ2v) is 5.96. The quantitative estimate of drug-likeness (QED) is 0.457. The number of nitrogens with two attached hydrogens (primary N) is 2. The molecule has 0 spiro atoms. The summed E-state index contributed by atoms with van der Waals surface area (Å²) >= 11 is 0. The van der Waals surface area contributed by atoms with Gasteiger partial charge in [-0.05, 0) is 18.6 Å². The van der Waals surface area contributed by atoms with E-state index in [1.165, 1.54) is 6.20 Å². The van der Waals surface area contributed by atoms with Gasteiger partial charge in [-0.25, -0.2) is 14.6 Å². The van der Waals surface area contributed by atoms with Crippen molar-refractivity contribution in [3.63, 3.8) is 0 Å². The lowest BCUT2D eigenvalue weighted by Gasteiger charge is -2.15. The minimum atomic E-state index is -0.737. The molecule has 28 heavy (non-hydrogen) atoms. The summed E-state index contributed by atoms with van der Waals surface area (Å²) in [4.78, 5) is 31.5. The molecule has 10 heteroatoms. The van der Waals surface area contributed by atoms with Crippen molar-refractivity contribution in [1.82, 2.24) is 19.7 Å². The maximum atomic E-state index is 11.7. The van der Waals surface area contributed by atoms with Crippen LogP contribution in [-0.4, -0.2) is 37.6 Å². The first kappa shape index (κ1) is 18.8. The number of carbonyl (C=O) groups is 2. The van der Waals surface area contributed by atoms with Gasteiger partial charge in [0.25, 0.3) is 5.91 Å². The minimum absolute atomic E-state index is 0.0369. The summed E-state index contributed by atoms with van der Waals surface area (Å²) in [6, 6.07) is 8.92. The number of rotatable bonds is 8. The predicted molar refractivity (Wildman–Crippen MR) is 104 cm³/mol. The molecular weight excluding hydrogens is 360 g/mol. The molecule has 2 amide bonds. The zero-order valence-electron chi connectivity index (χ0n) is 15.2. The third-order valence-electron chi connectivity index (χ3n) is 3.95. The average molecular weight is 380 g/mol. The lowest BCUT2D eigenvalue weighted by molar-refractivity contribution is -0.118. The van der Waals surface area contributed by atoms with Gasteiger partial charge >= 0.3 is 0 Å². The Labute approximate surface area is 161 Å². The molecule has 0 aliphatic rings. The smallest absolute Gasteiger partial charge is 0.271 e. The minimum Gasteiger partial charge on any atom is -0.368 e. The Kier molecular flexibility index (Phi) is 5.49. The Hall–Kier alpha value is -3.95. The molecule has 0 saturated heterocycles. The van der Waals surface area contributed by atoms with Crippen molar-refractivity contribution in [2.75, 3.05) is 10.6 Å². The summed E-state index contributed by atoms with van der Waals surface area (Å²) in [6.45, 7) is 1.81. The molecule has 0 saturated carbocycles. The summed E-state index contributed by atoms with van der Waals surface area (Å²) in [5, 5.41) is 10.2. The lowest BCUT2D eigenvalue weighted by Crippen LogP contribution is -2.35. The summed E-state index contributed by atoms with van der Waals surface area (Å²) in [5.41, 5.74) is 12.2. The second kappa shape index (κ2) is 8.16. The van der Waals surface area contributed by atoms with E-state index in [4.69, 9.17) is 11.5 Å². The van der Waals surface area contributed by atoms with E-state index in [1.54, 1.807) is 17.1 Å². The van der Waals surface area contributed by atoms with E-state index in [-0.39, 0.29) is 17.3 Å². The predicted octanol–water partition coefficient (Wildman–Crippen LogP) is 1.18. The van der Waals surface area contributed by atoms with Crippen LogP contribution in [0.2, 0.25) is 0 Å². The lowest BCUT2D eigenvalue weighted by atomic mass is 10.2. The fraction of sp³-hybridized carbons (Fsp3) is 0.167. The largest absolute Gasteiger partial charge is 0.368 e. The second-order valence-electron chi connectivity index (χ2n) is 5.96. The van der Waals surface area contributed by atoms with E-state index < -0.39 is 17.9 Å². The van der Waals surface area contributed by atoms with E-state index in [1.807, 2.05) is 37.3 Å². The van der Waals surface area contributed by atoms with Crippen molar-refractivity contribution in [2.45, 2.75) is 19.4 Å². The van der Waals surface area contributed by atoms with Crippen LogP contribution in [0.15, 0.2) is 48.9 Å². The van der Waals surface area contributed by atoms with Gasteiger partial charge in [0.05, 0.1) is 30.0 Å². The first-order valence-corrected chi connectivity index (χ1v) is 8.57. The van der Waals surface area contributed by atoms with Crippen LogP contribution in [0.25, 0.3) is 5.69 Å². The average Bonchev–Trinajstić information content (AvgIpc) is 3.15. The Bertz CT molecular complexity index is 986. The van der Waals surface area contributed by atoms with E-state index in [0.717, 1.165) is 5.69 Å². The van der Waals surface area contributed by atoms with Crippen LogP contribution in [0.3, 0.4) is 0 Å². The number of anilines is 3. The fourth-order valence-corrected chi connectivity index (χ4v) is 2.53. The molecule has 144 valence electrons. The highest BCUT2D eigenvalue weighted by molar-refractivity contribution is 5.96. The third-order valence-corrected chi connectivity index (χ3v) is 3.95. The molecule has 3 aromatic rings. The number of hydrogen-bond acceptors (Lipinski definition) is 7. The van der Waals surface area contributed by atoms with Crippen LogP contribution in [-0.2, 0) is 4.79 Å². The van der Waals surface area contributed by atoms with Gasteiger partial charge in [-0.2, -0.15) is 5.10 Å². The molecule has 1 atom stereocenters. The van der Waals surface area contributed by atoms with Crippen LogP contribution >= 0.6 is 0 Å². The molecule has 10 nitrogen and oxygen atoms in total. The summed E-state index contributed by atoms with van der Waals surface area (Å²) in [6.07, 6.45) is 5.11. The van der Waals surface area contributed by atoms with Gasteiger partial charge < -0.3 is 22.1 Å². The SMILES string of the molecule is CCC(Nc1cnc(C(N)=O)c(Nc2cnn(-c3ccccc3)c2)n1)C(N)=O. The van der Waals surface area contributed by atoms with Crippen molar-refractivity contribution in [1.29, 1.82) is 0 Å². The maximum absolute atomic E-state index is 11.7. The van der Waals surface area contributed by atoms with E-state index in [0.29, 0.717) is 12.1 Å². The van der Waals surface area contributed by atoms with Crippen LogP contribution in [0, 0.1) is 0 Å². The van der Waals surface area contributed by atoms with Crippen molar-refractivity contribution in [3.05, 3.63) is 54.6 Å². The van der Waals surface area contributed by atoms with Gasteiger partial charge in [-0.3, -0.25) is 9.59 Å². The van der Waals surface area contributed by atoms with E-state index in [2.05, 4.69) is 25.7 Å². The van der Waals surface area contributed by atoms with Crippen LogP contribution < -0.4 is 22.1 Å². The number of nitrogens with zero attached hydrogens (tertiary/aromatic N) is 4. The third kappa shape index (κ3) is 4.23. The zero-order valence-corrected chi connectivity index (χ0v) is 15.2. The summed E-state index contributed by atoms with van der Waals surface area (Å²) in [7, 11) is 0. The first-order chi connectivity index (χ1) is 13.5. The zero-order chi connectivity index (χ0) is 20.1. The number of primary amides is 2. The highest BCUT2D eigenvalue weighted by atomic mass is 16.1. The van der Waals surface area contributed by atoms with Gasteiger partial charge in [-0.15, -0.1) is 0 Å². The number of para-hydroxylation sites is 1. The fourth-order valence-electron chi connectivity index (χ4n) is 2.53. The van der Waals surface area contributed by atoms with Gasteiger partial charge in [0.2, 0.25) is 5.91 Å². The van der Waals surface area contributed by atoms with Crippen LogP contribution in [0.1, 0.15) is 23.8 Å². The van der Waals surface area contributed by atoms with E-state index >= 15 is 0 Å². The number of amides is 2. The first-order valence-electron chi connectivity index (χ1n) is 8.57. The summed E-state index contributed by atoms with van der Waals surface area (Å²) < 4.78 is 1.67. The van der Waals surface area contributed by atoms with Crippen molar-refractivity contribution in [3.8, 4) is 5.69 Å². The molecule has 0 bridgehead atoms. The Balaban J connectivity index is 1.87. The standard InChI is InChI=1S/C18H20N8O2/c1-2-13(16(19)27)24-14-9-21-15(17(20)28)18(25-14)23-11-8-22-26(10-11)12-6-4-3-5-7-12/h3-10,13H,2H2,1H3,(H2,19,27)(H2,20,28)(H2,23,24,25). The van der Waals surface area contributed by atoms with Gasteiger partial charge in [-0.1, -0.05) is 25.1 Å². The molecule has 0 aliphatic heterocycles. The molecule has 0 radical (unpaired) electrons. The Morgan fingerprint density at radius 1 is 1.18 bits per heavy atom. The van der Waals surface area contributed by atoms with Gasteiger partial charge in [0, 0.05) is 0 Å². The molecule has 1 aromatic carbocycles. The Morgan fingerprint density at radius 2 is 1.93 bits per heavy atom. The normalized spacial score (nSPS) is 11.6. The molecule has 0 fully saturated rings. The van der Waals surface area contributed by atoms with E-state index in [9.17, 15) is 9.59 Å². The number of benzene rings is 1. The number of nitrogens with one attached hydrogen (secondary N) is 2. The van der Waals surface area contributed by atoms with Crippen LogP contribution in [0.4, 0.5) is 17.3 Å². The molecule has 2 heterocycles. The number of carbonyl (C=O) groups excluding carboxylic acids is 2. The number of aromatic nitrogens is 4. The molecule has 1 unspecified atom stereocenters. The molecule has 0 aliphatic carbocycles. The highest BCUT2D eigenvalue weighted by Crippen LogP contribution is 2.20. The maximum Gasteiger partial charge on any atom is 0.271 e. The highest BCUT2D eigenvalue weighted by Gasteiger charge is 2.17. The van der Waals surface area contributed by atoms with Crippen LogP contribution in [0.5, 0.6) is 0 Å². The molecule has 6 N–H and O–H groups in total. The summed E-state index contributed by atoms with van der Waals surface area (Å²) in [5.74, 6) is -0.820. The number of hydrogen-bond donors (Lipinski definition) is 4. The van der Waals surface area contributed by atoms with Crippen molar-refractivity contribution < 1.29 is 9.59 Å². The van der Waals surface area contributed by atoms with Gasteiger partial charge in [0.1, 0.15) is 11.9 Å².